The molecule has 1 aromatic heterocycles. The zero-order chi connectivity index (χ0) is 15.6. The van der Waals surface area contributed by atoms with Crippen LogP contribution in [0.5, 0.6) is 0 Å². The molecule has 1 atom stereocenters. The molecule has 1 aliphatic heterocycles. The first-order valence-corrected chi connectivity index (χ1v) is 7.64. The van der Waals surface area contributed by atoms with Crippen LogP contribution < -0.4 is 0 Å². The maximum atomic E-state index is 12.5. The van der Waals surface area contributed by atoms with Crippen LogP contribution in [-0.2, 0) is 16.8 Å². The summed E-state index contributed by atoms with van der Waals surface area (Å²) < 4.78 is 1.55. The van der Waals surface area contributed by atoms with Gasteiger partial charge in [-0.1, -0.05) is 37.3 Å². The molecule has 1 fully saturated rings. The molecule has 3 rings (SSSR count). The van der Waals surface area contributed by atoms with Gasteiger partial charge in [-0.15, -0.1) is 5.10 Å². The second-order valence-electron chi connectivity index (χ2n) is 6.23. The lowest BCUT2D eigenvalue weighted by Gasteiger charge is -2.41. The Morgan fingerprint density at radius 2 is 2.09 bits per heavy atom. The van der Waals surface area contributed by atoms with E-state index in [0.29, 0.717) is 5.82 Å². The van der Waals surface area contributed by atoms with Gasteiger partial charge < -0.3 is 4.90 Å². The van der Waals surface area contributed by atoms with Gasteiger partial charge >= 0.3 is 0 Å². The van der Waals surface area contributed by atoms with Crippen molar-refractivity contribution >= 4 is 5.91 Å². The molecule has 6 heteroatoms. The van der Waals surface area contributed by atoms with Crippen molar-refractivity contribution in [2.24, 2.45) is 0 Å². The van der Waals surface area contributed by atoms with Gasteiger partial charge in [-0.3, -0.25) is 4.79 Å². The minimum atomic E-state index is 0.0187. The fraction of sp³-hybridized carbons (Fsp3) is 0.500. The maximum absolute atomic E-state index is 12.5. The van der Waals surface area contributed by atoms with E-state index in [2.05, 4.69) is 46.7 Å². The fourth-order valence-electron chi connectivity index (χ4n) is 3.15. The molecule has 2 heterocycles. The third-order valence-corrected chi connectivity index (χ3v) is 4.52. The minimum absolute atomic E-state index is 0.0187. The average Bonchev–Trinajstić information content (AvgIpc) is 2.93. The van der Waals surface area contributed by atoms with Gasteiger partial charge in [0.25, 0.3) is 0 Å². The number of aromatic nitrogens is 4. The van der Waals surface area contributed by atoms with Crippen molar-refractivity contribution in [1.82, 2.24) is 25.1 Å². The maximum Gasteiger partial charge on any atom is 0.244 e. The summed E-state index contributed by atoms with van der Waals surface area (Å²) in [4.78, 5) is 14.5. The summed E-state index contributed by atoms with van der Waals surface area (Å²) in [5, 5.41) is 11.3. The molecule has 1 saturated heterocycles. The Balaban J connectivity index is 1.73. The van der Waals surface area contributed by atoms with Crippen molar-refractivity contribution in [3.63, 3.8) is 0 Å². The highest BCUT2D eigenvalue weighted by atomic mass is 16.2. The van der Waals surface area contributed by atoms with Gasteiger partial charge in [-0.25, -0.2) is 4.68 Å². The second kappa shape index (κ2) is 5.87. The van der Waals surface area contributed by atoms with Gasteiger partial charge in [0.1, 0.15) is 12.4 Å². The number of aryl methyl sites for hydroxylation is 1. The predicted molar refractivity (Wildman–Crippen MR) is 82.2 cm³/mol. The van der Waals surface area contributed by atoms with Gasteiger partial charge in [0.2, 0.25) is 5.91 Å². The van der Waals surface area contributed by atoms with Gasteiger partial charge in [0.05, 0.1) is 0 Å². The number of likely N-dealkylation sites (tertiary alicyclic amines) is 1. The number of hydrogen-bond acceptors (Lipinski definition) is 4. The summed E-state index contributed by atoms with van der Waals surface area (Å²) >= 11 is 0. The van der Waals surface area contributed by atoms with Crippen molar-refractivity contribution in [3.8, 4) is 0 Å². The van der Waals surface area contributed by atoms with Crippen LogP contribution in [0.3, 0.4) is 0 Å². The number of piperidine rings is 1. The molecule has 0 N–H and O–H groups in total. The van der Waals surface area contributed by atoms with E-state index in [0.717, 1.165) is 25.9 Å². The Morgan fingerprint density at radius 1 is 1.32 bits per heavy atom. The first-order valence-electron chi connectivity index (χ1n) is 7.64. The summed E-state index contributed by atoms with van der Waals surface area (Å²) in [5.41, 5.74) is 1.32. The molecule has 0 bridgehead atoms. The Kier molecular flexibility index (Phi) is 3.92. The molecular formula is C16H21N5O. The summed E-state index contributed by atoms with van der Waals surface area (Å²) in [6.07, 6.45) is 2.12. The molecule has 0 aliphatic carbocycles. The number of rotatable bonds is 3. The van der Waals surface area contributed by atoms with Crippen LogP contribution in [0.1, 0.15) is 31.2 Å². The highest BCUT2D eigenvalue weighted by Gasteiger charge is 2.34. The Bertz CT molecular complexity index is 654. The van der Waals surface area contributed by atoms with Crippen LogP contribution in [0.2, 0.25) is 0 Å². The molecule has 116 valence electrons. The van der Waals surface area contributed by atoms with Crippen molar-refractivity contribution in [2.75, 3.05) is 13.1 Å². The van der Waals surface area contributed by atoms with Crippen molar-refractivity contribution < 1.29 is 4.79 Å². The largest absolute Gasteiger partial charge is 0.340 e. The molecule has 0 saturated carbocycles. The van der Waals surface area contributed by atoms with E-state index in [9.17, 15) is 4.79 Å². The molecule has 0 spiro atoms. The zero-order valence-electron chi connectivity index (χ0n) is 13.1. The van der Waals surface area contributed by atoms with Gasteiger partial charge in [0.15, 0.2) is 0 Å². The monoisotopic (exact) mass is 299 g/mol. The lowest BCUT2D eigenvalue weighted by atomic mass is 9.76. The van der Waals surface area contributed by atoms with E-state index in [4.69, 9.17) is 0 Å². The smallest absolute Gasteiger partial charge is 0.244 e. The number of nitrogens with zero attached hydrogens (tertiary/aromatic N) is 5. The SMILES string of the molecule is Cc1nnnn1CC(=O)N1CCC[C@@](C)(c2ccccc2)C1. The standard InChI is InChI=1S/C16H21N5O/c1-13-17-18-19-21(13)11-15(22)20-10-6-9-16(2,12-20)14-7-4-3-5-8-14/h3-5,7-8H,6,9-12H2,1-2H3/t16-/m1/s1. The Labute approximate surface area is 130 Å². The average molecular weight is 299 g/mol. The van der Waals surface area contributed by atoms with Crippen molar-refractivity contribution in [3.05, 3.63) is 41.7 Å². The van der Waals surface area contributed by atoms with Crippen LogP contribution in [0.15, 0.2) is 30.3 Å². The lowest BCUT2D eigenvalue weighted by Crippen LogP contribution is -2.48. The first-order chi connectivity index (χ1) is 10.6. The summed E-state index contributed by atoms with van der Waals surface area (Å²) in [6, 6.07) is 10.5. The lowest BCUT2D eigenvalue weighted by molar-refractivity contribution is -0.134. The molecule has 6 nitrogen and oxygen atoms in total. The summed E-state index contributed by atoms with van der Waals surface area (Å²) in [5.74, 6) is 0.744. The van der Waals surface area contributed by atoms with E-state index in [1.807, 2.05) is 11.0 Å². The van der Waals surface area contributed by atoms with Crippen LogP contribution in [0, 0.1) is 6.92 Å². The van der Waals surface area contributed by atoms with Crippen LogP contribution >= 0.6 is 0 Å². The molecule has 2 aromatic rings. The van der Waals surface area contributed by atoms with Crippen LogP contribution in [0.4, 0.5) is 0 Å². The number of carbonyl (C=O) groups excluding carboxylic acids is 1. The second-order valence-corrected chi connectivity index (χ2v) is 6.23. The topological polar surface area (TPSA) is 63.9 Å². The zero-order valence-corrected chi connectivity index (χ0v) is 13.1. The van der Waals surface area contributed by atoms with Gasteiger partial charge in [0, 0.05) is 18.5 Å². The molecule has 1 aliphatic rings. The summed E-state index contributed by atoms with van der Waals surface area (Å²) in [6.45, 7) is 5.81. The van der Waals surface area contributed by atoms with E-state index in [1.54, 1.807) is 11.6 Å². The van der Waals surface area contributed by atoms with E-state index in [1.165, 1.54) is 5.56 Å². The van der Waals surface area contributed by atoms with Crippen molar-refractivity contribution in [2.45, 2.75) is 38.6 Å². The van der Waals surface area contributed by atoms with Crippen LogP contribution in [-0.4, -0.2) is 44.1 Å². The fourth-order valence-corrected chi connectivity index (χ4v) is 3.15. The van der Waals surface area contributed by atoms with E-state index in [-0.39, 0.29) is 17.9 Å². The molecule has 22 heavy (non-hydrogen) atoms. The number of amides is 1. The van der Waals surface area contributed by atoms with Gasteiger partial charge in [-0.2, -0.15) is 0 Å². The number of hydrogen-bond donors (Lipinski definition) is 0. The highest BCUT2D eigenvalue weighted by Crippen LogP contribution is 2.33. The quantitative estimate of drug-likeness (QED) is 0.863. The molecule has 0 unspecified atom stereocenters. The van der Waals surface area contributed by atoms with Gasteiger partial charge in [-0.05, 0) is 35.8 Å². The molecular weight excluding hydrogens is 278 g/mol. The third-order valence-electron chi connectivity index (χ3n) is 4.52. The van der Waals surface area contributed by atoms with Crippen molar-refractivity contribution in [1.29, 1.82) is 0 Å². The van der Waals surface area contributed by atoms with E-state index < -0.39 is 0 Å². The number of benzene rings is 1. The highest BCUT2D eigenvalue weighted by molar-refractivity contribution is 5.76. The Morgan fingerprint density at radius 3 is 2.77 bits per heavy atom. The Hall–Kier alpha value is -2.24. The molecule has 0 radical (unpaired) electrons. The molecule has 1 amide bonds. The van der Waals surface area contributed by atoms with Crippen LogP contribution in [0.25, 0.3) is 0 Å². The molecule has 1 aromatic carbocycles. The normalized spacial score (nSPS) is 21.8. The number of carbonyl (C=O) groups is 1. The minimum Gasteiger partial charge on any atom is -0.340 e. The van der Waals surface area contributed by atoms with E-state index >= 15 is 0 Å². The first kappa shape index (κ1) is 14.7. The number of tetrazole rings is 1. The predicted octanol–water partition coefficient (Wildman–Crippen LogP) is 1.56. The summed E-state index contributed by atoms with van der Waals surface area (Å²) in [7, 11) is 0. The third kappa shape index (κ3) is 2.86.